The van der Waals surface area contributed by atoms with Gasteiger partial charge in [0.05, 0.1) is 17.2 Å². The smallest absolute Gasteiger partial charge is 0.345 e. The number of anilines is 1. The molecule has 2 rings (SSSR count). The van der Waals surface area contributed by atoms with Gasteiger partial charge >= 0.3 is 5.97 Å². The molecule has 0 fully saturated rings. The van der Waals surface area contributed by atoms with E-state index in [0.717, 1.165) is 16.4 Å². The maximum absolute atomic E-state index is 10.8. The fourth-order valence-electron chi connectivity index (χ4n) is 1.66. The minimum atomic E-state index is -0.881. The Hall–Kier alpha value is -1.88. The summed E-state index contributed by atoms with van der Waals surface area (Å²) in [6.45, 7) is 2.62. The van der Waals surface area contributed by atoms with Crippen molar-refractivity contribution in [2.45, 2.75) is 13.5 Å². The molecule has 2 aromatic heterocycles. The molecule has 1 N–H and O–H groups in total. The third-order valence-electron chi connectivity index (χ3n) is 2.52. The number of aromatic nitrogens is 1. The van der Waals surface area contributed by atoms with Crippen LogP contribution in [0.15, 0.2) is 30.3 Å². The van der Waals surface area contributed by atoms with E-state index in [2.05, 4.69) is 4.98 Å². The Balaban J connectivity index is 2.11. The normalized spacial score (nSPS) is 10.3. The fraction of sp³-hybridized carbons (Fsp3) is 0.231. The summed E-state index contributed by atoms with van der Waals surface area (Å²) in [5.41, 5.74) is 1.96. The number of aryl methyl sites for hydroxylation is 1. The van der Waals surface area contributed by atoms with Crippen molar-refractivity contribution in [3.63, 3.8) is 0 Å². The highest BCUT2D eigenvalue weighted by Crippen LogP contribution is 2.26. The van der Waals surface area contributed by atoms with Crippen LogP contribution in [-0.2, 0) is 6.54 Å². The first-order valence-corrected chi connectivity index (χ1v) is 6.34. The summed E-state index contributed by atoms with van der Waals surface area (Å²) in [5, 5.41) is 9.81. The number of carboxylic acid groups (broad SMARTS) is 1. The second-order valence-corrected chi connectivity index (χ2v) is 5.13. The first-order valence-electron chi connectivity index (χ1n) is 5.53. The molecule has 0 aromatic carbocycles. The standard InChI is InChI=1S/C13H14N2O2S/c1-9-4-3-5-10(14-9)8-15(2)12-7-6-11(18-12)13(16)17/h3-7H,8H2,1-2H3,(H,16,17). The van der Waals surface area contributed by atoms with Crippen LogP contribution < -0.4 is 4.90 Å². The average Bonchev–Trinajstić information content (AvgIpc) is 2.78. The molecule has 2 aromatic rings. The molecule has 0 aliphatic rings. The van der Waals surface area contributed by atoms with Gasteiger partial charge < -0.3 is 10.0 Å². The van der Waals surface area contributed by atoms with E-state index in [1.807, 2.05) is 43.1 Å². The van der Waals surface area contributed by atoms with Crippen molar-refractivity contribution < 1.29 is 9.90 Å². The zero-order chi connectivity index (χ0) is 13.1. The summed E-state index contributed by atoms with van der Waals surface area (Å²) in [6, 6.07) is 9.35. The Morgan fingerprint density at radius 2 is 2.17 bits per heavy atom. The van der Waals surface area contributed by atoms with Crippen molar-refractivity contribution >= 4 is 22.3 Å². The molecule has 4 nitrogen and oxygen atoms in total. The van der Waals surface area contributed by atoms with E-state index in [4.69, 9.17) is 5.11 Å². The van der Waals surface area contributed by atoms with Gasteiger partial charge in [-0.15, -0.1) is 11.3 Å². The van der Waals surface area contributed by atoms with Crippen LogP contribution in [0.3, 0.4) is 0 Å². The minimum absolute atomic E-state index is 0.356. The third kappa shape index (κ3) is 2.87. The van der Waals surface area contributed by atoms with Crippen molar-refractivity contribution in [1.29, 1.82) is 0 Å². The summed E-state index contributed by atoms with van der Waals surface area (Å²) in [6.07, 6.45) is 0. The molecule has 0 bridgehead atoms. The lowest BCUT2D eigenvalue weighted by molar-refractivity contribution is 0.0702. The minimum Gasteiger partial charge on any atom is -0.477 e. The van der Waals surface area contributed by atoms with Gasteiger partial charge in [-0.1, -0.05) is 6.07 Å². The molecule has 0 unspecified atom stereocenters. The zero-order valence-corrected chi connectivity index (χ0v) is 11.1. The summed E-state index contributed by atoms with van der Waals surface area (Å²) >= 11 is 1.27. The van der Waals surface area contributed by atoms with Crippen LogP contribution in [0.2, 0.25) is 0 Å². The van der Waals surface area contributed by atoms with E-state index in [1.54, 1.807) is 6.07 Å². The highest BCUT2D eigenvalue weighted by atomic mass is 32.1. The number of pyridine rings is 1. The molecular weight excluding hydrogens is 248 g/mol. The van der Waals surface area contributed by atoms with Gasteiger partial charge in [0, 0.05) is 12.7 Å². The Morgan fingerprint density at radius 1 is 1.39 bits per heavy atom. The van der Waals surface area contributed by atoms with Gasteiger partial charge in [-0.3, -0.25) is 4.98 Å². The van der Waals surface area contributed by atoms with Crippen LogP contribution in [0.5, 0.6) is 0 Å². The Bertz CT molecular complexity index is 566. The van der Waals surface area contributed by atoms with Crippen molar-refractivity contribution in [2.75, 3.05) is 11.9 Å². The highest BCUT2D eigenvalue weighted by Gasteiger charge is 2.10. The first kappa shape index (κ1) is 12.6. The number of nitrogens with zero attached hydrogens (tertiary/aromatic N) is 2. The van der Waals surface area contributed by atoms with E-state index in [0.29, 0.717) is 11.4 Å². The predicted octanol–water partition coefficient (Wildman–Crippen LogP) is 2.79. The molecule has 94 valence electrons. The zero-order valence-electron chi connectivity index (χ0n) is 10.3. The SMILES string of the molecule is Cc1cccc(CN(C)c2ccc(C(=O)O)s2)n1. The van der Waals surface area contributed by atoms with Gasteiger partial charge in [0.1, 0.15) is 4.88 Å². The van der Waals surface area contributed by atoms with Gasteiger partial charge in [0.25, 0.3) is 0 Å². The molecule has 0 amide bonds. The van der Waals surface area contributed by atoms with Crippen molar-refractivity contribution in [3.05, 3.63) is 46.6 Å². The number of thiophene rings is 1. The van der Waals surface area contributed by atoms with Crippen molar-refractivity contribution in [3.8, 4) is 0 Å². The Morgan fingerprint density at radius 3 is 2.78 bits per heavy atom. The lowest BCUT2D eigenvalue weighted by atomic mass is 10.3. The van der Waals surface area contributed by atoms with E-state index in [9.17, 15) is 4.79 Å². The molecule has 0 saturated heterocycles. The maximum atomic E-state index is 10.8. The quantitative estimate of drug-likeness (QED) is 0.920. The summed E-state index contributed by atoms with van der Waals surface area (Å²) in [5.74, 6) is -0.881. The van der Waals surface area contributed by atoms with Crippen LogP contribution in [0.25, 0.3) is 0 Å². The molecule has 0 radical (unpaired) electrons. The predicted molar refractivity (Wildman–Crippen MR) is 72.4 cm³/mol. The fourth-order valence-corrected chi connectivity index (χ4v) is 2.46. The van der Waals surface area contributed by atoms with Crippen LogP contribution in [-0.4, -0.2) is 23.1 Å². The summed E-state index contributed by atoms with van der Waals surface area (Å²) in [4.78, 5) is 17.6. The number of carboxylic acids is 1. The number of aromatic carboxylic acids is 1. The van der Waals surface area contributed by atoms with E-state index < -0.39 is 5.97 Å². The van der Waals surface area contributed by atoms with Crippen LogP contribution in [0.1, 0.15) is 21.1 Å². The molecule has 0 aliphatic carbocycles. The second kappa shape index (κ2) is 5.18. The molecule has 0 atom stereocenters. The van der Waals surface area contributed by atoms with Gasteiger partial charge in [0.15, 0.2) is 0 Å². The molecule has 0 aliphatic heterocycles. The van der Waals surface area contributed by atoms with Crippen LogP contribution in [0, 0.1) is 6.92 Å². The van der Waals surface area contributed by atoms with Crippen LogP contribution in [0.4, 0.5) is 5.00 Å². The van der Waals surface area contributed by atoms with Gasteiger partial charge in [-0.25, -0.2) is 4.79 Å². The molecule has 18 heavy (non-hydrogen) atoms. The lowest BCUT2D eigenvalue weighted by Gasteiger charge is -2.16. The van der Waals surface area contributed by atoms with Crippen molar-refractivity contribution in [1.82, 2.24) is 4.98 Å². The number of carbonyl (C=O) groups is 1. The molecule has 0 saturated carbocycles. The molecule has 2 heterocycles. The Labute approximate surface area is 110 Å². The van der Waals surface area contributed by atoms with Gasteiger partial charge in [-0.2, -0.15) is 0 Å². The molecule has 0 spiro atoms. The molecular formula is C13H14N2O2S. The van der Waals surface area contributed by atoms with E-state index in [1.165, 1.54) is 11.3 Å². The van der Waals surface area contributed by atoms with Crippen molar-refractivity contribution in [2.24, 2.45) is 0 Å². The van der Waals surface area contributed by atoms with Gasteiger partial charge in [-0.05, 0) is 31.2 Å². The number of rotatable bonds is 4. The first-order chi connectivity index (χ1) is 8.56. The van der Waals surface area contributed by atoms with Gasteiger partial charge in [0.2, 0.25) is 0 Å². The Kier molecular flexibility index (Phi) is 3.62. The maximum Gasteiger partial charge on any atom is 0.345 e. The second-order valence-electron chi connectivity index (χ2n) is 4.07. The lowest BCUT2D eigenvalue weighted by Crippen LogP contribution is -2.16. The highest BCUT2D eigenvalue weighted by molar-refractivity contribution is 7.17. The topological polar surface area (TPSA) is 53.4 Å². The average molecular weight is 262 g/mol. The largest absolute Gasteiger partial charge is 0.477 e. The summed E-state index contributed by atoms with van der Waals surface area (Å²) in [7, 11) is 1.93. The number of hydrogen-bond donors (Lipinski definition) is 1. The number of hydrogen-bond acceptors (Lipinski definition) is 4. The molecule has 5 heteroatoms. The van der Waals surface area contributed by atoms with E-state index >= 15 is 0 Å². The van der Waals surface area contributed by atoms with E-state index in [-0.39, 0.29) is 0 Å². The van der Waals surface area contributed by atoms with Crippen LogP contribution >= 0.6 is 11.3 Å². The third-order valence-corrected chi connectivity index (χ3v) is 3.71. The monoisotopic (exact) mass is 262 g/mol. The summed E-state index contributed by atoms with van der Waals surface area (Å²) < 4.78 is 0.